The maximum atomic E-state index is 12.5. The average molecular weight is 324 g/mol. The Morgan fingerprint density at radius 1 is 1.37 bits per heavy atom. The second-order valence-corrected chi connectivity index (χ2v) is 5.98. The van der Waals surface area contributed by atoms with Gasteiger partial charge in [-0.25, -0.2) is 0 Å². The molecule has 1 unspecified atom stereocenters. The fraction of sp³-hybridized carbons (Fsp3) is 0.467. The molecule has 1 atom stereocenters. The van der Waals surface area contributed by atoms with Gasteiger partial charge in [-0.15, -0.1) is 0 Å². The minimum absolute atomic E-state index is 0.0345. The standard InChI is InChI=1S/C15H18BrNO2/c1-11(18)9-14-7-2-3-8-17(14)15(19)12-5-4-6-13(16)10-12/h4-6,10,14H,2-3,7-9H2,1H3. The molecule has 1 heterocycles. The zero-order valence-corrected chi connectivity index (χ0v) is 12.6. The summed E-state index contributed by atoms with van der Waals surface area (Å²) in [5.74, 6) is 0.186. The van der Waals surface area contributed by atoms with Crippen molar-refractivity contribution in [2.45, 2.75) is 38.6 Å². The normalized spacial score (nSPS) is 19.3. The van der Waals surface area contributed by atoms with E-state index in [-0.39, 0.29) is 17.7 Å². The topological polar surface area (TPSA) is 37.4 Å². The van der Waals surface area contributed by atoms with Crippen molar-refractivity contribution in [3.63, 3.8) is 0 Å². The van der Waals surface area contributed by atoms with Crippen molar-refractivity contribution in [3.05, 3.63) is 34.3 Å². The monoisotopic (exact) mass is 323 g/mol. The molecule has 2 rings (SSSR count). The van der Waals surface area contributed by atoms with E-state index in [1.807, 2.05) is 29.2 Å². The second kappa shape index (κ2) is 6.33. The third kappa shape index (κ3) is 3.66. The molecule has 1 aromatic rings. The summed E-state index contributed by atoms with van der Waals surface area (Å²) in [4.78, 5) is 25.7. The smallest absolute Gasteiger partial charge is 0.254 e. The van der Waals surface area contributed by atoms with Gasteiger partial charge in [0, 0.05) is 29.0 Å². The fourth-order valence-electron chi connectivity index (χ4n) is 2.60. The molecule has 0 radical (unpaired) electrons. The number of rotatable bonds is 3. The maximum absolute atomic E-state index is 12.5. The molecule has 0 bridgehead atoms. The Labute approximate surface area is 122 Å². The maximum Gasteiger partial charge on any atom is 0.254 e. The summed E-state index contributed by atoms with van der Waals surface area (Å²) >= 11 is 3.39. The summed E-state index contributed by atoms with van der Waals surface area (Å²) in [6.45, 7) is 2.35. The predicted octanol–water partition coefficient (Wildman–Crippen LogP) is 3.42. The van der Waals surface area contributed by atoms with Crippen molar-refractivity contribution in [3.8, 4) is 0 Å². The molecule has 0 aliphatic carbocycles. The molecule has 3 nitrogen and oxygen atoms in total. The first kappa shape index (κ1) is 14.3. The molecule has 102 valence electrons. The van der Waals surface area contributed by atoms with E-state index in [4.69, 9.17) is 0 Å². The van der Waals surface area contributed by atoms with E-state index >= 15 is 0 Å². The van der Waals surface area contributed by atoms with Crippen LogP contribution in [0.25, 0.3) is 0 Å². The van der Waals surface area contributed by atoms with Gasteiger partial charge in [0.15, 0.2) is 0 Å². The molecular weight excluding hydrogens is 306 g/mol. The van der Waals surface area contributed by atoms with Crippen LogP contribution in [0.1, 0.15) is 43.0 Å². The number of Topliss-reactive ketones (excluding diaryl/α,β-unsaturated/α-hetero) is 1. The van der Waals surface area contributed by atoms with Crippen molar-refractivity contribution >= 4 is 27.6 Å². The van der Waals surface area contributed by atoms with Crippen LogP contribution in [0.2, 0.25) is 0 Å². The van der Waals surface area contributed by atoms with Gasteiger partial charge in [-0.2, -0.15) is 0 Å². The number of carbonyl (C=O) groups is 2. The fourth-order valence-corrected chi connectivity index (χ4v) is 3.00. The van der Waals surface area contributed by atoms with Crippen LogP contribution in [0.5, 0.6) is 0 Å². The van der Waals surface area contributed by atoms with Crippen LogP contribution in [0, 0.1) is 0 Å². The van der Waals surface area contributed by atoms with E-state index in [0.29, 0.717) is 12.0 Å². The number of likely N-dealkylation sites (tertiary alicyclic amines) is 1. The van der Waals surface area contributed by atoms with Crippen LogP contribution < -0.4 is 0 Å². The molecule has 19 heavy (non-hydrogen) atoms. The highest BCUT2D eigenvalue weighted by Crippen LogP contribution is 2.23. The zero-order valence-electron chi connectivity index (χ0n) is 11.1. The molecule has 0 N–H and O–H groups in total. The highest BCUT2D eigenvalue weighted by Gasteiger charge is 2.28. The molecule has 1 saturated heterocycles. The molecule has 1 aromatic carbocycles. The number of nitrogens with zero attached hydrogens (tertiary/aromatic N) is 1. The van der Waals surface area contributed by atoms with E-state index in [9.17, 15) is 9.59 Å². The van der Waals surface area contributed by atoms with E-state index in [0.717, 1.165) is 30.3 Å². The highest BCUT2D eigenvalue weighted by molar-refractivity contribution is 9.10. The summed E-state index contributed by atoms with van der Waals surface area (Å²) in [6.07, 6.45) is 3.52. The van der Waals surface area contributed by atoms with E-state index in [2.05, 4.69) is 15.9 Å². The van der Waals surface area contributed by atoms with Gasteiger partial charge in [0.25, 0.3) is 5.91 Å². The van der Waals surface area contributed by atoms with Gasteiger partial charge in [0.05, 0.1) is 0 Å². The zero-order chi connectivity index (χ0) is 13.8. The Morgan fingerprint density at radius 2 is 2.16 bits per heavy atom. The number of hydrogen-bond donors (Lipinski definition) is 0. The second-order valence-electron chi connectivity index (χ2n) is 5.06. The van der Waals surface area contributed by atoms with Gasteiger partial charge in [-0.3, -0.25) is 9.59 Å². The Kier molecular flexibility index (Phi) is 4.75. The molecule has 0 saturated carbocycles. The first-order valence-corrected chi connectivity index (χ1v) is 7.43. The summed E-state index contributed by atoms with van der Waals surface area (Å²) in [7, 11) is 0. The van der Waals surface area contributed by atoms with Gasteiger partial charge in [-0.1, -0.05) is 22.0 Å². The van der Waals surface area contributed by atoms with Gasteiger partial charge in [0.2, 0.25) is 0 Å². The number of halogens is 1. The first-order valence-electron chi connectivity index (χ1n) is 6.64. The van der Waals surface area contributed by atoms with Gasteiger partial charge >= 0.3 is 0 Å². The lowest BCUT2D eigenvalue weighted by atomic mass is 9.97. The SMILES string of the molecule is CC(=O)CC1CCCCN1C(=O)c1cccc(Br)c1. The van der Waals surface area contributed by atoms with Crippen LogP contribution in [0.15, 0.2) is 28.7 Å². The molecular formula is C15H18BrNO2. The molecule has 0 aromatic heterocycles. The molecule has 1 aliphatic heterocycles. The summed E-state index contributed by atoms with van der Waals surface area (Å²) in [6, 6.07) is 7.49. The predicted molar refractivity (Wildman–Crippen MR) is 78.1 cm³/mol. The minimum Gasteiger partial charge on any atom is -0.335 e. The van der Waals surface area contributed by atoms with Gasteiger partial charge in [0.1, 0.15) is 5.78 Å². The number of benzene rings is 1. The van der Waals surface area contributed by atoms with E-state index in [1.54, 1.807) is 6.92 Å². The number of hydrogen-bond acceptors (Lipinski definition) is 2. The highest BCUT2D eigenvalue weighted by atomic mass is 79.9. The van der Waals surface area contributed by atoms with Crippen LogP contribution in [-0.4, -0.2) is 29.2 Å². The van der Waals surface area contributed by atoms with Crippen LogP contribution in [-0.2, 0) is 4.79 Å². The Hall–Kier alpha value is -1.16. The van der Waals surface area contributed by atoms with Crippen LogP contribution in [0.3, 0.4) is 0 Å². The van der Waals surface area contributed by atoms with Crippen molar-refractivity contribution in [1.82, 2.24) is 4.90 Å². The summed E-state index contributed by atoms with van der Waals surface area (Å²) < 4.78 is 0.901. The summed E-state index contributed by atoms with van der Waals surface area (Å²) in [5, 5.41) is 0. The average Bonchev–Trinajstić information content (AvgIpc) is 2.38. The Balaban J connectivity index is 2.17. The molecule has 1 aliphatic rings. The number of ketones is 1. The molecule has 4 heteroatoms. The lowest BCUT2D eigenvalue weighted by Crippen LogP contribution is -2.44. The minimum atomic E-state index is 0.0345. The lowest BCUT2D eigenvalue weighted by Gasteiger charge is -2.35. The Bertz CT molecular complexity index is 487. The van der Waals surface area contributed by atoms with Crippen molar-refractivity contribution in [2.75, 3.05) is 6.54 Å². The van der Waals surface area contributed by atoms with Gasteiger partial charge in [-0.05, 0) is 44.4 Å². The Morgan fingerprint density at radius 3 is 2.84 bits per heavy atom. The number of piperidine rings is 1. The quantitative estimate of drug-likeness (QED) is 0.854. The van der Waals surface area contributed by atoms with Crippen molar-refractivity contribution in [2.24, 2.45) is 0 Å². The van der Waals surface area contributed by atoms with Crippen LogP contribution >= 0.6 is 15.9 Å². The molecule has 0 spiro atoms. The van der Waals surface area contributed by atoms with E-state index < -0.39 is 0 Å². The number of carbonyl (C=O) groups excluding carboxylic acids is 2. The third-order valence-corrected chi connectivity index (χ3v) is 3.98. The largest absolute Gasteiger partial charge is 0.335 e. The molecule has 1 amide bonds. The van der Waals surface area contributed by atoms with Crippen LogP contribution in [0.4, 0.5) is 0 Å². The van der Waals surface area contributed by atoms with Crippen molar-refractivity contribution < 1.29 is 9.59 Å². The number of amides is 1. The first-order chi connectivity index (χ1) is 9.08. The summed E-state index contributed by atoms with van der Waals surface area (Å²) in [5.41, 5.74) is 0.685. The van der Waals surface area contributed by atoms with Crippen molar-refractivity contribution in [1.29, 1.82) is 0 Å². The molecule has 1 fully saturated rings. The van der Waals surface area contributed by atoms with Gasteiger partial charge < -0.3 is 4.90 Å². The van der Waals surface area contributed by atoms with E-state index in [1.165, 1.54) is 0 Å². The lowest BCUT2D eigenvalue weighted by molar-refractivity contribution is -0.118. The third-order valence-electron chi connectivity index (χ3n) is 3.48.